The summed E-state index contributed by atoms with van der Waals surface area (Å²) >= 11 is 0. The van der Waals surface area contributed by atoms with Gasteiger partial charge >= 0.3 is 0 Å². The molecule has 0 aliphatic carbocycles. The zero-order valence-electron chi connectivity index (χ0n) is 13.0. The van der Waals surface area contributed by atoms with Crippen molar-refractivity contribution in [3.05, 3.63) is 54.0 Å². The van der Waals surface area contributed by atoms with E-state index in [2.05, 4.69) is 18.9 Å². The highest BCUT2D eigenvalue weighted by molar-refractivity contribution is 5.80. The molecule has 0 N–H and O–H groups in total. The Bertz CT molecular complexity index is 808. The smallest absolute Gasteiger partial charge is 0.130 e. The lowest BCUT2D eigenvalue weighted by Gasteiger charge is -2.10. The van der Waals surface area contributed by atoms with Crippen LogP contribution >= 0.6 is 0 Å². The highest BCUT2D eigenvalue weighted by atomic mass is 19.1. The monoisotopic (exact) mass is 298 g/mol. The number of ether oxygens (including phenoxy) is 1. The molecule has 0 bridgehead atoms. The summed E-state index contributed by atoms with van der Waals surface area (Å²) in [5, 5.41) is 5.46. The van der Waals surface area contributed by atoms with Crippen LogP contribution in [0.1, 0.15) is 19.4 Å². The van der Waals surface area contributed by atoms with Crippen molar-refractivity contribution >= 4 is 10.9 Å². The summed E-state index contributed by atoms with van der Waals surface area (Å²) in [4.78, 5) is 0. The summed E-state index contributed by atoms with van der Waals surface area (Å²) in [6.07, 6.45) is 1.85. The van der Waals surface area contributed by atoms with E-state index < -0.39 is 0 Å². The van der Waals surface area contributed by atoms with Gasteiger partial charge in [0.25, 0.3) is 0 Å². The molecule has 0 aliphatic heterocycles. The Morgan fingerprint density at radius 1 is 1.18 bits per heavy atom. The van der Waals surface area contributed by atoms with E-state index in [1.54, 1.807) is 6.07 Å². The Hall–Kier alpha value is -2.36. The first kappa shape index (κ1) is 14.6. The Kier molecular flexibility index (Phi) is 3.84. The minimum atomic E-state index is -0.254. The maximum atomic E-state index is 13.1. The molecule has 114 valence electrons. The molecule has 3 aromatic rings. The number of nitrogens with zero attached hydrogens (tertiary/aromatic N) is 2. The molecule has 0 amide bonds. The molecular weight excluding hydrogens is 279 g/mol. The second kappa shape index (κ2) is 5.79. The molecule has 22 heavy (non-hydrogen) atoms. The molecule has 1 heterocycles. The summed E-state index contributed by atoms with van der Waals surface area (Å²) in [5.41, 5.74) is 1.87. The van der Waals surface area contributed by atoms with Crippen LogP contribution in [0.3, 0.4) is 0 Å². The third kappa shape index (κ3) is 2.96. The second-order valence-electron chi connectivity index (χ2n) is 5.95. The van der Waals surface area contributed by atoms with E-state index in [1.165, 1.54) is 12.1 Å². The van der Waals surface area contributed by atoms with E-state index in [4.69, 9.17) is 4.74 Å². The zero-order valence-corrected chi connectivity index (χ0v) is 13.0. The number of benzene rings is 2. The lowest BCUT2D eigenvalue weighted by molar-refractivity contribution is 0.477. The van der Waals surface area contributed by atoms with Crippen LogP contribution in [0.5, 0.6) is 11.5 Å². The number of aromatic nitrogens is 2. The van der Waals surface area contributed by atoms with Gasteiger partial charge < -0.3 is 4.74 Å². The Balaban J connectivity index is 1.89. The minimum absolute atomic E-state index is 0.254. The lowest BCUT2D eigenvalue weighted by Crippen LogP contribution is -2.05. The molecule has 3 nitrogen and oxygen atoms in total. The van der Waals surface area contributed by atoms with E-state index in [0.29, 0.717) is 11.7 Å². The van der Waals surface area contributed by atoms with Crippen molar-refractivity contribution in [1.29, 1.82) is 0 Å². The summed E-state index contributed by atoms with van der Waals surface area (Å²) < 4.78 is 21.0. The number of fused-ring (bicyclic) bond motifs is 1. The number of rotatable bonds is 4. The van der Waals surface area contributed by atoms with E-state index in [9.17, 15) is 4.39 Å². The van der Waals surface area contributed by atoms with Gasteiger partial charge in [0.05, 0.1) is 11.7 Å². The van der Waals surface area contributed by atoms with Gasteiger partial charge in [-0.3, -0.25) is 4.68 Å². The van der Waals surface area contributed by atoms with Gasteiger partial charge in [0.1, 0.15) is 17.3 Å². The first-order valence-corrected chi connectivity index (χ1v) is 7.42. The molecule has 0 fully saturated rings. The Morgan fingerprint density at radius 2 is 2.00 bits per heavy atom. The molecule has 0 spiro atoms. The van der Waals surface area contributed by atoms with E-state index in [1.807, 2.05) is 36.0 Å². The van der Waals surface area contributed by atoms with Crippen LogP contribution in [0, 0.1) is 18.7 Å². The first-order chi connectivity index (χ1) is 10.5. The standard InChI is InChI=1S/C18H19FN2O/c1-12(2)11-21-17-6-5-16(9-14(17)10-20-21)22-18-7-4-15(19)8-13(18)3/h4-10,12H,11H2,1-3H3. The molecule has 0 aliphatic rings. The van der Waals surface area contributed by atoms with Crippen LogP contribution < -0.4 is 4.74 Å². The van der Waals surface area contributed by atoms with Gasteiger partial charge in [-0.2, -0.15) is 5.10 Å². The van der Waals surface area contributed by atoms with Crippen molar-refractivity contribution in [3.8, 4) is 11.5 Å². The minimum Gasteiger partial charge on any atom is -0.457 e. The fourth-order valence-corrected chi connectivity index (χ4v) is 2.47. The van der Waals surface area contributed by atoms with Gasteiger partial charge in [0.2, 0.25) is 0 Å². The number of halogens is 1. The second-order valence-corrected chi connectivity index (χ2v) is 5.95. The molecule has 1 aromatic heterocycles. The molecule has 0 saturated carbocycles. The number of hydrogen-bond acceptors (Lipinski definition) is 2. The molecule has 2 aromatic carbocycles. The van der Waals surface area contributed by atoms with Crippen molar-refractivity contribution in [2.45, 2.75) is 27.3 Å². The maximum Gasteiger partial charge on any atom is 0.130 e. The molecule has 4 heteroatoms. The maximum absolute atomic E-state index is 13.1. The SMILES string of the molecule is Cc1cc(F)ccc1Oc1ccc2c(cnn2CC(C)C)c1. The summed E-state index contributed by atoms with van der Waals surface area (Å²) in [5.74, 6) is 1.68. The predicted molar refractivity (Wildman–Crippen MR) is 85.8 cm³/mol. The molecule has 0 radical (unpaired) electrons. The quantitative estimate of drug-likeness (QED) is 0.682. The van der Waals surface area contributed by atoms with Gasteiger partial charge in [-0.25, -0.2) is 4.39 Å². The number of aryl methyl sites for hydroxylation is 1. The van der Waals surface area contributed by atoms with Crippen LogP contribution in [0.2, 0.25) is 0 Å². The average molecular weight is 298 g/mol. The fourth-order valence-electron chi connectivity index (χ4n) is 2.47. The summed E-state index contributed by atoms with van der Waals surface area (Å²) in [7, 11) is 0. The predicted octanol–water partition coefficient (Wildman–Crippen LogP) is 4.93. The van der Waals surface area contributed by atoms with Gasteiger partial charge in [-0.1, -0.05) is 13.8 Å². The van der Waals surface area contributed by atoms with Gasteiger partial charge in [0.15, 0.2) is 0 Å². The largest absolute Gasteiger partial charge is 0.457 e. The lowest BCUT2D eigenvalue weighted by atomic mass is 10.2. The van der Waals surface area contributed by atoms with E-state index in [0.717, 1.165) is 28.8 Å². The fraction of sp³-hybridized carbons (Fsp3) is 0.278. The van der Waals surface area contributed by atoms with Crippen molar-refractivity contribution in [2.75, 3.05) is 0 Å². The summed E-state index contributed by atoms with van der Waals surface area (Å²) in [6.45, 7) is 7.06. The van der Waals surface area contributed by atoms with Crippen LogP contribution in [0.15, 0.2) is 42.6 Å². The normalized spacial score (nSPS) is 11.3. The Morgan fingerprint density at radius 3 is 2.73 bits per heavy atom. The molecule has 3 rings (SSSR count). The molecule has 0 unspecified atom stereocenters. The van der Waals surface area contributed by atoms with Gasteiger partial charge in [-0.15, -0.1) is 0 Å². The van der Waals surface area contributed by atoms with Crippen LogP contribution in [-0.2, 0) is 6.54 Å². The third-order valence-electron chi connectivity index (χ3n) is 3.52. The number of hydrogen-bond donors (Lipinski definition) is 0. The highest BCUT2D eigenvalue weighted by Crippen LogP contribution is 2.28. The Labute approximate surface area is 129 Å². The van der Waals surface area contributed by atoms with Crippen LogP contribution in [-0.4, -0.2) is 9.78 Å². The van der Waals surface area contributed by atoms with E-state index in [-0.39, 0.29) is 5.82 Å². The van der Waals surface area contributed by atoms with Crippen molar-refractivity contribution in [2.24, 2.45) is 5.92 Å². The third-order valence-corrected chi connectivity index (χ3v) is 3.52. The highest BCUT2D eigenvalue weighted by Gasteiger charge is 2.08. The topological polar surface area (TPSA) is 27.1 Å². The summed E-state index contributed by atoms with van der Waals surface area (Å²) in [6, 6.07) is 10.4. The zero-order chi connectivity index (χ0) is 15.7. The first-order valence-electron chi connectivity index (χ1n) is 7.42. The molecule has 0 atom stereocenters. The molecule has 0 saturated heterocycles. The van der Waals surface area contributed by atoms with Crippen LogP contribution in [0.25, 0.3) is 10.9 Å². The molecular formula is C18H19FN2O. The van der Waals surface area contributed by atoms with Crippen LogP contribution in [0.4, 0.5) is 4.39 Å². The van der Waals surface area contributed by atoms with Gasteiger partial charge in [0, 0.05) is 11.9 Å². The van der Waals surface area contributed by atoms with E-state index >= 15 is 0 Å². The van der Waals surface area contributed by atoms with Crippen molar-refractivity contribution in [3.63, 3.8) is 0 Å². The average Bonchev–Trinajstić information content (AvgIpc) is 2.84. The van der Waals surface area contributed by atoms with Gasteiger partial charge in [-0.05, 0) is 54.8 Å². The van der Waals surface area contributed by atoms with Crippen molar-refractivity contribution < 1.29 is 9.13 Å². The van der Waals surface area contributed by atoms with Crippen molar-refractivity contribution in [1.82, 2.24) is 9.78 Å².